The largest absolute Gasteiger partial charge is 0.497 e. The molecule has 94 valence electrons. The average Bonchev–Trinajstić information content (AvgIpc) is 2.36. The number of aliphatic hydroxyl groups is 1. The maximum Gasteiger partial charge on any atom is 0.335 e. The number of aliphatic hydroxyl groups excluding tert-OH is 1. The van der Waals surface area contributed by atoms with Crippen LogP contribution in [0.3, 0.4) is 0 Å². The zero-order chi connectivity index (χ0) is 12.7. The lowest BCUT2D eigenvalue weighted by molar-refractivity contribution is -0.155. The molecule has 0 aromatic heterocycles. The minimum absolute atomic E-state index is 0.129. The van der Waals surface area contributed by atoms with Crippen molar-refractivity contribution >= 4 is 5.97 Å². The molecule has 1 aromatic rings. The highest BCUT2D eigenvalue weighted by atomic mass is 16.5. The molecule has 0 bridgehead atoms. The van der Waals surface area contributed by atoms with E-state index in [4.69, 9.17) is 15.2 Å². The Labute approximate surface area is 100 Å². The number of hydrogen-bond acceptors (Lipinski definition) is 5. The number of benzene rings is 1. The summed E-state index contributed by atoms with van der Waals surface area (Å²) in [5, 5.41) is 9.30. The van der Waals surface area contributed by atoms with Crippen molar-refractivity contribution in [1.29, 1.82) is 0 Å². The van der Waals surface area contributed by atoms with Crippen molar-refractivity contribution in [2.24, 2.45) is 5.73 Å². The number of esters is 1. The van der Waals surface area contributed by atoms with Gasteiger partial charge in [0.25, 0.3) is 0 Å². The van der Waals surface area contributed by atoms with Gasteiger partial charge < -0.3 is 20.3 Å². The number of nitrogens with two attached hydrogens (primary N) is 1. The molecule has 0 aliphatic carbocycles. The van der Waals surface area contributed by atoms with Crippen LogP contribution in [-0.2, 0) is 16.1 Å². The van der Waals surface area contributed by atoms with Gasteiger partial charge in [0, 0.05) is 0 Å². The maximum absolute atomic E-state index is 11.3. The van der Waals surface area contributed by atoms with E-state index in [1.807, 2.05) is 0 Å². The highest BCUT2D eigenvalue weighted by molar-refractivity contribution is 5.74. The predicted octanol–water partition coefficient (Wildman–Crippen LogP) is 0.448. The highest BCUT2D eigenvalue weighted by Crippen LogP contribution is 2.12. The fourth-order valence-electron chi connectivity index (χ4n) is 1.25. The molecule has 0 radical (unpaired) electrons. The van der Waals surface area contributed by atoms with Crippen LogP contribution in [0.1, 0.15) is 12.0 Å². The first-order valence-electron chi connectivity index (χ1n) is 5.35. The van der Waals surface area contributed by atoms with Crippen molar-refractivity contribution in [2.45, 2.75) is 19.1 Å². The Balaban J connectivity index is 2.41. The lowest BCUT2D eigenvalue weighted by Gasteiger charge is -2.09. The first-order valence-corrected chi connectivity index (χ1v) is 5.35. The molecule has 0 saturated carbocycles. The van der Waals surface area contributed by atoms with E-state index < -0.39 is 12.1 Å². The van der Waals surface area contributed by atoms with E-state index >= 15 is 0 Å². The van der Waals surface area contributed by atoms with Gasteiger partial charge in [0.1, 0.15) is 12.4 Å². The van der Waals surface area contributed by atoms with Crippen molar-refractivity contribution in [3.8, 4) is 5.75 Å². The third-order valence-electron chi connectivity index (χ3n) is 2.25. The van der Waals surface area contributed by atoms with Crippen LogP contribution in [0.15, 0.2) is 24.3 Å². The molecule has 5 heteroatoms. The zero-order valence-electron chi connectivity index (χ0n) is 9.76. The Morgan fingerprint density at radius 1 is 1.41 bits per heavy atom. The number of ether oxygens (including phenoxy) is 2. The van der Waals surface area contributed by atoms with E-state index in [1.165, 1.54) is 0 Å². The standard InChI is InChI=1S/C12H17NO4/c1-16-10-4-2-9(3-5-10)8-17-12(15)11(14)6-7-13/h2-5,11,14H,6-8,13H2,1H3/t11-/m0/s1. The summed E-state index contributed by atoms with van der Waals surface area (Å²) >= 11 is 0. The van der Waals surface area contributed by atoms with Crippen LogP contribution in [0, 0.1) is 0 Å². The molecule has 1 aromatic carbocycles. The molecule has 0 unspecified atom stereocenters. The number of carbonyl (C=O) groups is 1. The van der Waals surface area contributed by atoms with Crippen LogP contribution < -0.4 is 10.5 Å². The monoisotopic (exact) mass is 239 g/mol. The van der Waals surface area contributed by atoms with Crippen LogP contribution in [0.5, 0.6) is 5.75 Å². The van der Waals surface area contributed by atoms with Gasteiger partial charge in [-0.15, -0.1) is 0 Å². The van der Waals surface area contributed by atoms with Crippen LogP contribution in [0.25, 0.3) is 0 Å². The van der Waals surface area contributed by atoms with Gasteiger partial charge >= 0.3 is 5.97 Å². The fraction of sp³-hybridized carbons (Fsp3) is 0.417. The van der Waals surface area contributed by atoms with Gasteiger partial charge in [0.2, 0.25) is 0 Å². The molecule has 0 spiro atoms. The molecule has 5 nitrogen and oxygen atoms in total. The molecule has 0 heterocycles. The second-order valence-electron chi connectivity index (χ2n) is 3.55. The first-order chi connectivity index (χ1) is 8.17. The number of methoxy groups -OCH3 is 1. The third-order valence-corrected chi connectivity index (χ3v) is 2.25. The van der Waals surface area contributed by atoms with Gasteiger partial charge in [-0.1, -0.05) is 12.1 Å². The average molecular weight is 239 g/mol. The van der Waals surface area contributed by atoms with Crippen LogP contribution in [-0.4, -0.2) is 30.8 Å². The zero-order valence-corrected chi connectivity index (χ0v) is 9.76. The van der Waals surface area contributed by atoms with Gasteiger partial charge in [-0.05, 0) is 30.7 Å². The normalized spacial score (nSPS) is 11.9. The number of hydrogen-bond donors (Lipinski definition) is 2. The summed E-state index contributed by atoms with van der Waals surface area (Å²) in [6, 6.07) is 7.14. The van der Waals surface area contributed by atoms with Gasteiger partial charge in [0.15, 0.2) is 6.10 Å². The fourth-order valence-corrected chi connectivity index (χ4v) is 1.25. The van der Waals surface area contributed by atoms with Crippen LogP contribution in [0.2, 0.25) is 0 Å². The summed E-state index contributed by atoms with van der Waals surface area (Å²) in [5.74, 6) is 0.0921. The first kappa shape index (κ1) is 13.5. The second kappa shape index (κ2) is 6.88. The maximum atomic E-state index is 11.3. The molecule has 0 aliphatic rings. The van der Waals surface area contributed by atoms with E-state index in [-0.39, 0.29) is 19.6 Å². The second-order valence-corrected chi connectivity index (χ2v) is 3.55. The smallest absolute Gasteiger partial charge is 0.335 e. The van der Waals surface area contributed by atoms with E-state index in [0.717, 1.165) is 11.3 Å². The van der Waals surface area contributed by atoms with E-state index in [1.54, 1.807) is 31.4 Å². The molecule has 0 aliphatic heterocycles. The third kappa shape index (κ3) is 4.42. The Morgan fingerprint density at radius 3 is 2.59 bits per heavy atom. The highest BCUT2D eigenvalue weighted by Gasteiger charge is 2.15. The molecule has 17 heavy (non-hydrogen) atoms. The molecular formula is C12H17NO4. The quantitative estimate of drug-likeness (QED) is 0.704. The molecular weight excluding hydrogens is 222 g/mol. The molecule has 0 fully saturated rings. The predicted molar refractivity (Wildman–Crippen MR) is 62.5 cm³/mol. The Hall–Kier alpha value is -1.59. The molecule has 1 atom stereocenters. The van der Waals surface area contributed by atoms with Crippen molar-refractivity contribution in [3.05, 3.63) is 29.8 Å². The Kier molecular flexibility index (Phi) is 5.45. The molecule has 1 rings (SSSR count). The van der Waals surface area contributed by atoms with Crippen molar-refractivity contribution < 1.29 is 19.4 Å². The molecule has 0 amide bonds. The summed E-state index contributed by atoms with van der Waals surface area (Å²) < 4.78 is 9.93. The van der Waals surface area contributed by atoms with Crippen LogP contribution >= 0.6 is 0 Å². The van der Waals surface area contributed by atoms with E-state index in [2.05, 4.69) is 0 Å². The summed E-state index contributed by atoms with van der Waals surface area (Å²) in [4.78, 5) is 11.3. The lowest BCUT2D eigenvalue weighted by Crippen LogP contribution is -2.25. The Bertz CT molecular complexity index is 350. The minimum Gasteiger partial charge on any atom is -0.497 e. The van der Waals surface area contributed by atoms with Crippen molar-refractivity contribution in [1.82, 2.24) is 0 Å². The van der Waals surface area contributed by atoms with Gasteiger partial charge in [-0.3, -0.25) is 0 Å². The topological polar surface area (TPSA) is 81.8 Å². The van der Waals surface area contributed by atoms with Gasteiger partial charge in [-0.2, -0.15) is 0 Å². The van der Waals surface area contributed by atoms with E-state index in [0.29, 0.717) is 0 Å². The summed E-state index contributed by atoms with van der Waals surface area (Å²) in [6.07, 6.45) is -0.931. The summed E-state index contributed by atoms with van der Waals surface area (Å²) in [6.45, 7) is 0.378. The lowest BCUT2D eigenvalue weighted by atomic mass is 10.2. The summed E-state index contributed by atoms with van der Waals surface area (Å²) in [5.41, 5.74) is 6.06. The van der Waals surface area contributed by atoms with Gasteiger partial charge in [-0.25, -0.2) is 4.79 Å². The van der Waals surface area contributed by atoms with Crippen LogP contribution in [0.4, 0.5) is 0 Å². The number of rotatable bonds is 6. The van der Waals surface area contributed by atoms with Gasteiger partial charge in [0.05, 0.1) is 7.11 Å². The van der Waals surface area contributed by atoms with E-state index in [9.17, 15) is 9.90 Å². The van der Waals surface area contributed by atoms with Crippen molar-refractivity contribution in [2.75, 3.05) is 13.7 Å². The van der Waals surface area contributed by atoms with Crippen molar-refractivity contribution in [3.63, 3.8) is 0 Å². The minimum atomic E-state index is -1.14. The molecule has 0 saturated heterocycles. The number of carbonyl (C=O) groups excluding carboxylic acids is 1. The summed E-state index contributed by atoms with van der Waals surface area (Å²) in [7, 11) is 1.58. The SMILES string of the molecule is COc1ccc(COC(=O)[C@@H](O)CCN)cc1. The Morgan fingerprint density at radius 2 is 2.06 bits per heavy atom. The molecule has 3 N–H and O–H groups in total.